The Balaban J connectivity index is 1.40. The molecule has 3 heterocycles. The molecular weight excluding hydrogens is 330 g/mol. The molecule has 1 aromatic heterocycles. The highest BCUT2D eigenvalue weighted by molar-refractivity contribution is 6.01. The van der Waals surface area contributed by atoms with Crippen LogP contribution in [0.1, 0.15) is 31.6 Å². The van der Waals surface area contributed by atoms with Gasteiger partial charge in [-0.05, 0) is 25.0 Å². The Morgan fingerprint density at radius 1 is 1.15 bits per heavy atom. The molecule has 2 aromatic rings. The first-order valence-electron chi connectivity index (χ1n) is 9.43. The van der Waals surface area contributed by atoms with Crippen molar-refractivity contribution in [2.45, 2.75) is 32.2 Å². The third-order valence-electron chi connectivity index (χ3n) is 5.48. The average molecular weight is 355 g/mol. The van der Waals surface area contributed by atoms with Gasteiger partial charge in [0.2, 0.25) is 5.91 Å². The Morgan fingerprint density at radius 2 is 1.92 bits per heavy atom. The van der Waals surface area contributed by atoms with Crippen LogP contribution >= 0.6 is 0 Å². The summed E-state index contributed by atoms with van der Waals surface area (Å²) in [7, 11) is 0. The monoisotopic (exact) mass is 355 g/mol. The van der Waals surface area contributed by atoms with Crippen molar-refractivity contribution < 1.29 is 9.59 Å². The summed E-state index contributed by atoms with van der Waals surface area (Å²) in [5.74, 6) is 1.03. The first kappa shape index (κ1) is 17.0. The average Bonchev–Trinajstić information content (AvgIpc) is 3.20. The van der Waals surface area contributed by atoms with E-state index in [-0.39, 0.29) is 18.5 Å². The molecule has 7 heteroatoms. The van der Waals surface area contributed by atoms with Crippen molar-refractivity contribution in [2.24, 2.45) is 0 Å². The van der Waals surface area contributed by atoms with Gasteiger partial charge >= 0.3 is 6.03 Å². The number of urea groups is 1. The van der Waals surface area contributed by atoms with Crippen molar-refractivity contribution >= 4 is 23.0 Å². The molecule has 0 radical (unpaired) electrons. The summed E-state index contributed by atoms with van der Waals surface area (Å²) < 4.78 is 2.42. The fourth-order valence-corrected chi connectivity index (χ4v) is 4.08. The molecule has 0 atom stereocenters. The van der Waals surface area contributed by atoms with Crippen LogP contribution in [0.3, 0.4) is 0 Å². The van der Waals surface area contributed by atoms with Gasteiger partial charge in [-0.1, -0.05) is 19.1 Å². The zero-order valence-electron chi connectivity index (χ0n) is 15.1. The number of imide groups is 1. The first-order valence-corrected chi connectivity index (χ1v) is 9.43. The van der Waals surface area contributed by atoms with Crippen molar-refractivity contribution in [2.75, 3.05) is 32.7 Å². The van der Waals surface area contributed by atoms with Gasteiger partial charge in [-0.3, -0.25) is 9.69 Å². The van der Waals surface area contributed by atoms with Crippen LogP contribution in [-0.2, 0) is 11.2 Å². The molecule has 1 aromatic carbocycles. The van der Waals surface area contributed by atoms with Gasteiger partial charge in [0.25, 0.3) is 0 Å². The molecule has 0 saturated carbocycles. The van der Waals surface area contributed by atoms with E-state index in [0.717, 1.165) is 50.2 Å². The molecular formula is C19H25N5O2. The number of aryl methyl sites for hydroxylation is 1. The Labute approximate surface area is 153 Å². The Morgan fingerprint density at radius 3 is 2.62 bits per heavy atom. The lowest BCUT2D eigenvalue weighted by molar-refractivity contribution is -0.125. The van der Waals surface area contributed by atoms with Gasteiger partial charge in [-0.2, -0.15) is 0 Å². The van der Waals surface area contributed by atoms with Crippen LogP contribution in [0.4, 0.5) is 4.79 Å². The lowest BCUT2D eigenvalue weighted by Gasteiger charge is -2.34. The van der Waals surface area contributed by atoms with Crippen LogP contribution in [-0.4, -0.2) is 64.0 Å². The number of nitrogens with zero attached hydrogens (tertiary/aromatic N) is 4. The van der Waals surface area contributed by atoms with E-state index in [1.807, 2.05) is 6.07 Å². The summed E-state index contributed by atoms with van der Waals surface area (Å²) in [4.78, 5) is 31.8. The van der Waals surface area contributed by atoms with Crippen LogP contribution in [0, 0.1) is 0 Å². The number of hydrogen-bond acceptors (Lipinski definition) is 4. The Kier molecular flexibility index (Phi) is 4.63. The number of benzene rings is 1. The van der Waals surface area contributed by atoms with Gasteiger partial charge in [-0.25, -0.2) is 9.78 Å². The number of likely N-dealkylation sites (tertiary alicyclic amines) is 1. The SMILES string of the molecule is CCc1nc2ccccc2n1C1CCN(CCN2C(=O)CNC2=O)CC1. The summed E-state index contributed by atoms with van der Waals surface area (Å²) in [5.41, 5.74) is 2.30. The van der Waals surface area contributed by atoms with Crippen molar-refractivity contribution in [3.63, 3.8) is 0 Å². The van der Waals surface area contributed by atoms with E-state index in [1.165, 1.54) is 10.4 Å². The van der Waals surface area contributed by atoms with Crippen molar-refractivity contribution in [1.29, 1.82) is 0 Å². The van der Waals surface area contributed by atoms with Crippen molar-refractivity contribution in [3.8, 4) is 0 Å². The second-order valence-corrected chi connectivity index (χ2v) is 7.02. The smallest absolute Gasteiger partial charge is 0.324 e. The van der Waals surface area contributed by atoms with E-state index in [9.17, 15) is 9.59 Å². The zero-order valence-corrected chi connectivity index (χ0v) is 15.1. The first-order chi connectivity index (χ1) is 12.7. The highest BCUT2D eigenvalue weighted by Crippen LogP contribution is 2.29. The predicted octanol–water partition coefficient (Wildman–Crippen LogP) is 1.79. The van der Waals surface area contributed by atoms with Gasteiger partial charge in [0.05, 0.1) is 17.6 Å². The summed E-state index contributed by atoms with van der Waals surface area (Å²) in [6.45, 7) is 5.47. The molecule has 7 nitrogen and oxygen atoms in total. The molecule has 26 heavy (non-hydrogen) atoms. The Bertz CT molecular complexity index is 806. The molecule has 2 saturated heterocycles. The fourth-order valence-electron chi connectivity index (χ4n) is 4.08. The highest BCUT2D eigenvalue weighted by Gasteiger charge is 2.29. The van der Waals surface area contributed by atoms with E-state index in [1.54, 1.807) is 0 Å². The fraction of sp³-hybridized carbons (Fsp3) is 0.526. The number of aromatic nitrogens is 2. The van der Waals surface area contributed by atoms with Crippen LogP contribution in [0.15, 0.2) is 24.3 Å². The van der Waals surface area contributed by atoms with Gasteiger partial charge in [0.1, 0.15) is 5.82 Å². The number of carbonyl (C=O) groups is 2. The maximum atomic E-state index is 11.7. The maximum Gasteiger partial charge on any atom is 0.324 e. The number of para-hydroxylation sites is 2. The highest BCUT2D eigenvalue weighted by atomic mass is 16.2. The molecule has 0 bridgehead atoms. The van der Waals surface area contributed by atoms with Gasteiger partial charge in [0, 0.05) is 38.6 Å². The minimum Gasteiger partial charge on any atom is -0.329 e. The molecule has 0 unspecified atom stereocenters. The number of rotatable bonds is 5. The summed E-state index contributed by atoms with van der Waals surface area (Å²) in [6, 6.07) is 8.56. The molecule has 3 amide bonds. The maximum absolute atomic E-state index is 11.7. The third kappa shape index (κ3) is 3.07. The normalized spacial score (nSPS) is 19.5. The van der Waals surface area contributed by atoms with Crippen molar-refractivity contribution in [3.05, 3.63) is 30.1 Å². The molecule has 0 aliphatic carbocycles. The number of piperidine rings is 1. The second kappa shape index (κ2) is 7.07. The molecule has 2 fully saturated rings. The topological polar surface area (TPSA) is 70.5 Å². The molecule has 4 rings (SSSR count). The number of imidazole rings is 1. The van der Waals surface area contributed by atoms with E-state index in [0.29, 0.717) is 12.6 Å². The number of hydrogen-bond donors (Lipinski definition) is 1. The quantitative estimate of drug-likeness (QED) is 0.830. The van der Waals surface area contributed by atoms with E-state index >= 15 is 0 Å². The van der Waals surface area contributed by atoms with E-state index in [4.69, 9.17) is 4.98 Å². The largest absolute Gasteiger partial charge is 0.329 e. The van der Waals surface area contributed by atoms with E-state index in [2.05, 4.69) is 39.9 Å². The van der Waals surface area contributed by atoms with Crippen LogP contribution in [0.25, 0.3) is 11.0 Å². The van der Waals surface area contributed by atoms with E-state index < -0.39 is 0 Å². The number of nitrogens with one attached hydrogen (secondary N) is 1. The standard InChI is InChI=1S/C19H25N5O2/c1-2-17-21-15-5-3-4-6-16(15)24(17)14-7-9-22(10-8-14)11-12-23-18(25)13-20-19(23)26/h3-6,14H,2,7-13H2,1H3,(H,20,26). The molecule has 138 valence electrons. The van der Waals surface area contributed by atoms with Gasteiger partial charge in [0.15, 0.2) is 0 Å². The van der Waals surface area contributed by atoms with Crippen LogP contribution < -0.4 is 5.32 Å². The number of carbonyl (C=O) groups excluding carboxylic acids is 2. The van der Waals surface area contributed by atoms with Crippen molar-refractivity contribution in [1.82, 2.24) is 24.7 Å². The lowest BCUT2D eigenvalue weighted by atomic mass is 10.0. The molecule has 0 spiro atoms. The minimum absolute atomic E-state index is 0.123. The van der Waals surface area contributed by atoms with Gasteiger partial charge in [-0.15, -0.1) is 0 Å². The molecule has 2 aliphatic heterocycles. The molecule has 1 N–H and O–H groups in total. The van der Waals surface area contributed by atoms with Gasteiger partial charge < -0.3 is 14.8 Å². The van der Waals surface area contributed by atoms with Crippen LogP contribution in [0.5, 0.6) is 0 Å². The summed E-state index contributed by atoms with van der Waals surface area (Å²) in [5, 5.41) is 2.57. The minimum atomic E-state index is -0.262. The summed E-state index contributed by atoms with van der Waals surface area (Å²) >= 11 is 0. The predicted molar refractivity (Wildman–Crippen MR) is 98.9 cm³/mol. The molecule has 2 aliphatic rings. The number of fused-ring (bicyclic) bond motifs is 1. The zero-order chi connectivity index (χ0) is 18.1. The second-order valence-electron chi connectivity index (χ2n) is 7.02. The van der Waals surface area contributed by atoms with Crippen LogP contribution in [0.2, 0.25) is 0 Å². The third-order valence-corrected chi connectivity index (χ3v) is 5.48. The Hall–Kier alpha value is -2.41. The lowest BCUT2D eigenvalue weighted by Crippen LogP contribution is -2.42. The summed E-state index contributed by atoms with van der Waals surface area (Å²) in [6.07, 6.45) is 3.06. The number of amides is 3.